The fraction of sp³-hybridized carbons (Fsp3) is 0.120. The van der Waals surface area contributed by atoms with Crippen molar-refractivity contribution in [1.29, 1.82) is 0 Å². The number of pyridine rings is 1. The zero-order valence-electron chi connectivity index (χ0n) is 16.5. The van der Waals surface area contributed by atoms with Crippen molar-refractivity contribution in [2.24, 2.45) is 0 Å². The van der Waals surface area contributed by atoms with E-state index in [9.17, 15) is 4.79 Å². The molecule has 29 heavy (non-hydrogen) atoms. The summed E-state index contributed by atoms with van der Waals surface area (Å²) in [6, 6.07) is 25.4. The van der Waals surface area contributed by atoms with Gasteiger partial charge in [-0.2, -0.15) is 0 Å². The Bertz CT molecular complexity index is 1170. The van der Waals surface area contributed by atoms with Gasteiger partial charge in [-0.3, -0.25) is 4.79 Å². The molecule has 144 valence electrons. The number of hydrogen-bond donors (Lipinski definition) is 1. The van der Waals surface area contributed by atoms with Gasteiger partial charge in [0, 0.05) is 17.5 Å². The maximum atomic E-state index is 13.0. The number of carbonyl (C=O) groups is 1. The van der Waals surface area contributed by atoms with Crippen molar-refractivity contribution in [3.63, 3.8) is 0 Å². The van der Waals surface area contributed by atoms with Crippen LogP contribution in [0.1, 0.15) is 21.5 Å². The molecule has 4 nitrogen and oxygen atoms in total. The highest BCUT2D eigenvalue weighted by atomic mass is 16.5. The Morgan fingerprint density at radius 3 is 2.55 bits per heavy atom. The third-order valence-corrected chi connectivity index (χ3v) is 4.90. The van der Waals surface area contributed by atoms with Crippen molar-refractivity contribution in [1.82, 2.24) is 10.3 Å². The predicted octanol–water partition coefficient (Wildman–Crippen LogP) is 5.15. The van der Waals surface area contributed by atoms with Gasteiger partial charge in [0.25, 0.3) is 5.91 Å². The number of aromatic nitrogens is 1. The Morgan fingerprint density at radius 1 is 0.966 bits per heavy atom. The van der Waals surface area contributed by atoms with Gasteiger partial charge in [0.1, 0.15) is 5.75 Å². The van der Waals surface area contributed by atoms with Crippen LogP contribution in [0.4, 0.5) is 0 Å². The van der Waals surface area contributed by atoms with Crippen LogP contribution in [0.2, 0.25) is 0 Å². The number of para-hydroxylation sites is 1. The minimum Gasteiger partial charge on any atom is -0.497 e. The van der Waals surface area contributed by atoms with Crippen LogP contribution in [0.25, 0.3) is 22.2 Å². The molecule has 0 saturated heterocycles. The van der Waals surface area contributed by atoms with Gasteiger partial charge in [-0.05, 0) is 36.8 Å². The summed E-state index contributed by atoms with van der Waals surface area (Å²) in [6.45, 7) is 2.52. The molecule has 4 heteroatoms. The van der Waals surface area contributed by atoms with E-state index < -0.39 is 0 Å². The van der Waals surface area contributed by atoms with E-state index in [0.717, 1.165) is 33.5 Å². The van der Waals surface area contributed by atoms with E-state index in [1.165, 1.54) is 5.56 Å². The lowest BCUT2D eigenvalue weighted by Gasteiger charge is -2.11. The number of hydrogen-bond acceptors (Lipinski definition) is 3. The fourth-order valence-electron chi connectivity index (χ4n) is 3.28. The molecular weight excluding hydrogens is 360 g/mol. The predicted molar refractivity (Wildman–Crippen MR) is 116 cm³/mol. The SMILES string of the molecule is COc1cccc(-c2cc(C(=O)NCc3ccc(C)cc3)c3ccccc3n2)c1. The van der Waals surface area contributed by atoms with Crippen molar-refractivity contribution in [3.8, 4) is 17.0 Å². The topological polar surface area (TPSA) is 51.2 Å². The summed E-state index contributed by atoms with van der Waals surface area (Å²) in [7, 11) is 1.64. The minimum atomic E-state index is -0.117. The smallest absolute Gasteiger partial charge is 0.252 e. The van der Waals surface area contributed by atoms with E-state index >= 15 is 0 Å². The molecule has 0 saturated carbocycles. The van der Waals surface area contributed by atoms with Gasteiger partial charge in [-0.1, -0.05) is 60.2 Å². The summed E-state index contributed by atoms with van der Waals surface area (Å²) in [5, 5.41) is 3.87. The quantitative estimate of drug-likeness (QED) is 0.519. The first kappa shape index (κ1) is 18.7. The summed E-state index contributed by atoms with van der Waals surface area (Å²) in [4.78, 5) is 17.8. The molecule has 4 rings (SSSR count). The van der Waals surface area contributed by atoms with E-state index in [2.05, 4.69) is 5.32 Å². The molecule has 0 aliphatic heterocycles. The highest BCUT2D eigenvalue weighted by Gasteiger charge is 2.14. The molecule has 0 fully saturated rings. The first-order valence-corrected chi connectivity index (χ1v) is 9.52. The number of benzene rings is 3. The standard InChI is InChI=1S/C25H22N2O2/c1-17-10-12-18(13-11-17)16-26-25(28)22-15-24(19-6-5-7-20(14-19)29-2)27-23-9-4-3-8-21(22)23/h3-15H,16H2,1-2H3,(H,26,28). The van der Waals surface area contributed by atoms with Gasteiger partial charge in [0.05, 0.1) is 23.9 Å². The molecule has 0 radical (unpaired) electrons. The number of rotatable bonds is 5. The number of nitrogens with zero attached hydrogens (tertiary/aromatic N) is 1. The summed E-state index contributed by atoms with van der Waals surface area (Å²) in [5.41, 5.74) is 5.30. The number of amides is 1. The van der Waals surface area contributed by atoms with Crippen LogP contribution >= 0.6 is 0 Å². The van der Waals surface area contributed by atoms with E-state index in [-0.39, 0.29) is 5.91 Å². The zero-order valence-corrected chi connectivity index (χ0v) is 16.5. The van der Waals surface area contributed by atoms with Crippen molar-refractivity contribution >= 4 is 16.8 Å². The number of ether oxygens (including phenoxy) is 1. The highest BCUT2D eigenvalue weighted by Crippen LogP contribution is 2.27. The first-order chi connectivity index (χ1) is 14.1. The summed E-state index contributed by atoms with van der Waals surface area (Å²) < 4.78 is 5.33. The Kier molecular flexibility index (Phi) is 5.25. The van der Waals surface area contributed by atoms with Crippen molar-refractivity contribution in [3.05, 3.63) is 95.6 Å². The van der Waals surface area contributed by atoms with Crippen LogP contribution in [-0.2, 0) is 6.54 Å². The molecular formula is C25H22N2O2. The number of carbonyl (C=O) groups excluding carboxylic acids is 1. The van der Waals surface area contributed by atoms with Crippen molar-refractivity contribution < 1.29 is 9.53 Å². The van der Waals surface area contributed by atoms with Crippen LogP contribution in [0.5, 0.6) is 5.75 Å². The third kappa shape index (κ3) is 4.11. The highest BCUT2D eigenvalue weighted by molar-refractivity contribution is 6.07. The molecule has 1 amide bonds. The molecule has 0 aliphatic carbocycles. The van der Waals surface area contributed by atoms with E-state index in [1.807, 2.05) is 85.8 Å². The Hall–Kier alpha value is -3.66. The monoisotopic (exact) mass is 382 g/mol. The molecule has 0 spiro atoms. The summed E-state index contributed by atoms with van der Waals surface area (Å²) in [6.07, 6.45) is 0. The molecule has 0 atom stereocenters. The normalized spacial score (nSPS) is 10.7. The lowest BCUT2D eigenvalue weighted by Crippen LogP contribution is -2.23. The third-order valence-electron chi connectivity index (χ3n) is 4.90. The van der Waals surface area contributed by atoms with Gasteiger partial charge in [0.15, 0.2) is 0 Å². The number of aryl methyl sites for hydroxylation is 1. The number of nitrogens with one attached hydrogen (secondary N) is 1. The lowest BCUT2D eigenvalue weighted by molar-refractivity contribution is 0.0952. The lowest BCUT2D eigenvalue weighted by atomic mass is 10.0. The van der Waals surface area contributed by atoms with Crippen LogP contribution in [0, 0.1) is 6.92 Å². The van der Waals surface area contributed by atoms with Crippen LogP contribution < -0.4 is 10.1 Å². The maximum Gasteiger partial charge on any atom is 0.252 e. The van der Waals surface area contributed by atoms with E-state index in [1.54, 1.807) is 7.11 Å². The van der Waals surface area contributed by atoms with Crippen LogP contribution in [0.15, 0.2) is 78.9 Å². The van der Waals surface area contributed by atoms with Gasteiger partial charge in [-0.15, -0.1) is 0 Å². The number of methoxy groups -OCH3 is 1. The van der Waals surface area contributed by atoms with E-state index in [4.69, 9.17) is 9.72 Å². The molecule has 1 N–H and O–H groups in total. The Morgan fingerprint density at radius 2 is 1.76 bits per heavy atom. The molecule has 0 aliphatic rings. The Balaban J connectivity index is 1.70. The first-order valence-electron chi connectivity index (χ1n) is 9.52. The van der Waals surface area contributed by atoms with E-state index in [0.29, 0.717) is 12.1 Å². The summed E-state index contributed by atoms with van der Waals surface area (Å²) >= 11 is 0. The van der Waals surface area contributed by atoms with Crippen molar-refractivity contribution in [2.45, 2.75) is 13.5 Å². The molecule has 1 heterocycles. The molecule has 0 bridgehead atoms. The largest absolute Gasteiger partial charge is 0.497 e. The van der Waals surface area contributed by atoms with Crippen molar-refractivity contribution in [2.75, 3.05) is 7.11 Å². The number of fused-ring (bicyclic) bond motifs is 1. The van der Waals surface area contributed by atoms with Crippen LogP contribution in [-0.4, -0.2) is 18.0 Å². The molecule has 1 aromatic heterocycles. The second kappa shape index (κ2) is 8.15. The van der Waals surface area contributed by atoms with Gasteiger partial charge in [0.2, 0.25) is 0 Å². The molecule has 0 unspecified atom stereocenters. The fourth-order valence-corrected chi connectivity index (χ4v) is 3.28. The zero-order chi connectivity index (χ0) is 20.2. The second-order valence-corrected chi connectivity index (χ2v) is 6.97. The average molecular weight is 382 g/mol. The molecule has 3 aromatic carbocycles. The van der Waals surface area contributed by atoms with Gasteiger partial charge < -0.3 is 10.1 Å². The second-order valence-electron chi connectivity index (χ2n) is 6.97. The molecule has 4 aromatic rings. The average Bonchev–Trinajstić information content (AvgIpc) is 2.77. The summed E-state index contributed by atoms with van der Waals surface area (Å²) in [5.74, 6) is 0.635. The Labute approximate surface area is 170 Å². The van der Waals surface area contributed by atoms with Gasteiger partial charge >= 0.3 is 0 Å². The van der Waals surface area contributed by atoms with Crippen LogP contribution in [0.3, 0.4) is 0 Å². The minimum absolute atomic E-state index is 0.117. The van der Waals surface area contributed by atoms with Gasteiger partial charge in [-0.25, -0.2) is 4.98 Å². The maximum absolute atomic E-state index is 13.0.